The SMILES string of the molecule is CC1=CC2C(=O)c3ccccc3NC2C=C1C(=O)O. The number of carbonyl (C=O) groups is 2. The Kier molecular flexibility index (Phi) is 2.52. The van der Waals surface area contributed by atoms with Crippen LogP contribution in [-0.2, 0) is 4.79 Å². The fourth-order valence-corrected chi connectivity index (χ4v) is 2.67. The van der Waals surface area contributed by atoms with Crippen molar-refractivity contribution in [2.75, 3.05) is 5.32 Å². The van der Waals surface area contributed by atoms with Gasteiger partial charge in [0.05, 0.1) is 17.5 Å². The molecule has 0 radical (unpaired) electrons. The molecule has 0 bridgehead atoms. The number of benzene rings is 1. The quantitative estimate of drug-likeness (QED) is 0.807. The van der Waals surface area contributed by atoms with Gasteiger partial charge in [0.1, 0.15) is 0 Å². The van der Waals surface area contributed by atoms with Crippen molar-refractivity contribution in [3.63, 3.8) is 0 Å². The van der Waals surface area contributed by atoms with Gasteiger partial charge < -0.3 is 10.4 Å². The predicted molar refractivity (Wildman–Crippen MR) is 71.1 cm³/mol. The first-order valence-electron chi connectivity index (χ1n) is 6.11. The maximum absolute atomic E-state index is 12.4. The standard InChI is InChI=1S/C15H13NO3/c1-8-6-11-13(7-10(8)15(18)19)16-12-5-3-2-4-9(12)14(11)17/h2-7,11,13,16H,1H3,(H,18,19). The number of carbonyl (C=O) groups excluding carboxylic acids is 1. The molecule has 19 heavy (non-hydrogen) atoms. The van der Waals surface area contributed by atoms with E-state index in [4.69, 9.17) is 5.11 Å². The molecular formula is C15H13NO3. The van der Waals surface area contributed by atoms with E-state index in [1.165, 1.54) is 0 Å². The fraction of sp³-hybridized carbons (Fsp3) is 0.200. The van der Waals surface area contributed by atoms with Crippen molar-refractivity contribution in [1.82, 2.24) is 0 Å². The number of carboxylic acids is 1. The number of Topliss-reactive ketones (excluding diaryl/α,β-unsaturated/α-hetero) is 1. The zero-order valence-corrected chi connectivity index (χ0v) is 10.4. The van der Waals surface area contributed by atoms with Gasteiger partial charge in [0.2, 0.25) is 0 Å². The van der Waals surface area contributed by atoms with E-state index < -0.39 is 5.97 Å². The van der Waals surface area contributed by atoms with Gasteiger partial charge in [0, 0.05) is 11.3 Å². The monoisotopic (exact) mass is 255 g/mol. The second-order valence-electron chi connectivity index (χ2n) is 4.84. The van der Waals surface area contributed by atoms with Crippen LogP contribution < -0.4 is 5.32 Å². The average Bonchev–Trinajstić information content (AvgIpc) is 2.39. The summed E-state index contributed by atoms with van der Waals surface area (Å²) in [5.41, 5.74) is 2.34. The molecular weight excluding hydrogens is 242 g/mol. The Labute approximate surface area is 110 Å². The van der Waals surface area contributed by atoms with Crippen molar-refractivity contribution >= 4 is 17.4 Å². The number of anilines is 1. The molecule has 4 heteroatoms. The van der Waals surface area contributed by atoms with E-state index >= 15 is 0 Å². The third-order valence-corrected chi connectivity index (χ3v) is 3.64. The highest BCUT2D eigenvalue weighted by atomic mass is 16.4. The number of para-hydroxylation sites is 1. The largest absolute Gasteiger partial charge is 0.478 e. The van der Waals surface area contributed by atoms with Gasteiger partial charge in [-0.3, -0.25) is 4.79 Å². The predicted octanol–water partition coefficient (Wildman–Crippen LogP) is 2.25. The molecule has 2 unspecified atom stereocenters. The fourth-order valence-electron chi connectivity index (χ4n) is 2.67. The van der Waals surface area contributed by atoms with Gasteiger partial charge in [-0.25, -0.2) is 4.79 Å². The van der Waals surface area contributed by atoms with E-state index in [9.17, 15) is 9.59 Å². The summed E-state index contributed by atoms with van der Waals surface area (Å²) >= 11 is 0. The molecule has 1 aromatic carbocycles. The highest BCUT2D eigenvalue weighted by Gasteiger charge is 2.36. The molecule has 2 atom stereocenters. The van der Waals surface area contributed by atoms with Crippen molar-refractivity contribution in [2.45, 2.75) is 13.0 Å². The maximum Gasteiger partial charge on any atom is 0.335 e. The Bertz CT molecular complexity index is 643. The van der Waals surface area contributed by atoms with Crippen LogP contribution in [0.5, 0.6) is 0 Å². The highest BCUT2D eigenvalue weighted by molar-refractivity contribution is 6.07. The number of fused-ring (bicyclic) bond motifs is 2. The minimum absolute atomic E-state index is 0.0411. The first kappa shape index (κ1) is 11.7. The topological polar surface area (TPSA) is 66.4 Å². The van der Waals surface area contributed by atoms with E-state index in [0.29, 0.717) is 11.1 Å². The molecule has 1 aromatic rings. The van der Waals surface area contributed by atoms with E-state index in [2.05, 4.69) is 5.32 Å². The van der Waals surface area contributed by atoms with Crippen LogP contribution in [0.1, 0.15) is 17.3 Å². The highest BCUT2D eigenvalue weighted by Crippen LogP contribution is 2.34. The summed E-state index contributed by atoms with van der Waals surface area (Å²) in [6, 6.07) is 7.03. The van der Waals surface area contributed by atoms with Crippen LogP contribution in [0.2, 0.25) is 0 Å². The Morgan fingerprint density at radius 3 is 2.74 bits per heavy atom. The van der Waals surface area contributed by atoms with Crippen LogP contribution in [0, 0.1) is 5.92 Å². The summed E-state index contributed by atoms with van der Waals surface area (Å²) in [6.45, 7) is 1.73. The smallest absolute Gasteiger partial charge is 0.335 e. The Hall–Kier alpha value is -2.36. The molecule has 0 amide bonds. The zero-order valence-electron chi connectivity index (χ0n) is 10.4. The molecule has 0 saturated carbocycles. The number of rotatable bonds is 1. The average molecular weight is 255 g/mol. The van der Waals surface area contributed by atoms with Gasteiger partial charge in [-0.2, -0.15) is 0 Å². The molecule has 4 nitrogen and oxygen atoms in total. The zero-order chi connectivity index (χ0) is 13.6. The molecule has 1 heterocycles. The van der Waals surface area contributed by atoms with E-state index in [1.807, 2.05) is 18.2 Å². The normalized spacial score (nSPS) is 24.6. The van der Waals surface area contributed by atoms with Crippen molar-refractivity contribution in [2.24, 2.45) is 5.92 Å². The second-order valence-corrected chi connectivity index (χ2v) is 4.84. The van der Waals surface area contributed by atoms with Crippen LogP contribution in [0.25, 0.3) is 0 Å². The molecule has 1 aliphatic carbocycles. The Balaban J connectivity index is 2.07. The van der Waals surface area contributed by atoms with Crippen LogP contribution in [-0.4, -0.2) is 22.9 Å². The third-order valence-electron chi connectivity index (χ3n) is 3.64. The molecule has 96 valence electrons. The van der Waals surface area contributed by atoms with Crippen molar-refractivity contribution in [3.8, 4) is 0 Å². The van der Waals surface area contributed by atoms with Crippen molar-refractivity contribution < 1.29 is 14.7 Å². The van der Waals surface area contributed by atoms with Gasteiger partial charge >= 0.3 is 5.97 Å². The summed E-state index contributed by atoms with van der Waals surface area (Å²) in [5.74, 6) is -1.24. The summed E-state index contributed by atoms with van der Waals surface area (Å²) in [5, 5.41) is 12.4. The second kappa shape index (κ2) is 4.09. The number of aliphatic carboxylic acids is 1. The summed E-state index contributed by atoms with van der Waals surface area (Å²) in [6.07, 6.45) is 3.38. The van der Waals surface area contributed by atoms with Crippen LogP contribution in [0.15, 0.2) is 47.6 Å². The van der Waals surface area contributed by atoms with Gasteiger partial charge in [-0.05, 0) is 30.7 Å². The van der Waals surface area contributed by atoms with E-state index in [0.717, 1.165) is 5.69 Å². The summed E-state index contributed by atoms with van der Waals surface area (Å²) in [4.78, 5) is 23.6. The van der Waals surface area contributed by atoms with Crippen molar-refractivity contribution in [1.29, 1.82) is 0 Å². The van der Waals surface area contributed by atoms with Gasteiger partial charge in [0.15, 0.2) is 5.78 Å². The van der Waals surface area contributed by atoms with Gasteiger partial charge in [-0.1, -0.05) is 18.2 Å². The lowest BCUT2D eigenvalue weighted by molar-refractivity contribution is -0.132. The molecule has 1 aliphatic heterocycles. The molecule has 3 rings (SSSR count). The minimum Gasteiger partial charge on any atom is -0.478 e. The lowest BCUT2D eigenvalue weighted by Crippen LogP contribution is -2.39. The van der Waals surface area contributed by atoms with Crippen LogP contribution in [0.3, 0.4) is 0 Å². The summed E-state index contributed by atoms with van der Waals surface area (Å²) in [7, 11) is 0. The van der Waals surface area contributed by atoms with Gasteiger partial charge in [-0.15, -0.1) is 0 Å². The van der Waals surface area contributed by atoms with Crippen molar-refractivity contribution in [3.05, 3.63) is 53.1 Å². The van der Waals surface area contributed by atoms with Crippen LogP contribution in [0.4, 0.5) is 5.69 Å². The van der Waals surface area contributed by atoms with Crippen LogP contribution >= 0.6 is 0 Å². The van der Waals surface area contributed by atoms with E-state index in [1.54, 1.807) is 25.1 Å². The Morgan fingerprint density at radius 2 is 2.00 bits per heavy atom. The number of hydrogen-bond acceptors (Lipinski definition) is 3. The molecule has 0 saturated heterocycles. The first-order valence-corrected chi connectivity index (χ1v) is 6.11. The molecule has 0 fully saturated rings. The van der Waals surface area contributed by atoms with Gasteiger partial charge in [0.25, 0.3) is 0 Å². The third kappa shape index (κ3) is 1.76. The number of ketones is 1. The number of carboxylic acid groups (broad SMARTS) is 1. The molecule has 0 aromatic heterocycles. The van der Waals surface area contributed by atoms with E-state index in [-0.39, 0.29) is 23.3 Å². The molecule has 2 aliphatic rings. The lowest BCUT2D eigenvalue weighted by atomic mass is 9.79. The molecule has 0 spiro atoms. The lowest BCUT2D eigenvalue weighted by Gasteiger charge is -2.33. The summed E-state index contributed by atoms with van der Waals surface area (Å²) < 4.78 is 0. The number of hydrogen-bond donors (Lipinski definition) is 2. The number of nitrogens with one attached hydrogen (secondary N) is 1. The molecule has 2 N–H and O–H groups in total. The Morgan fingerprint density at radius 1 is 1.26 bits per heavy atom. The maximum atomic E-state index is 12.4. The minimum atomic E-state index is -0.958. The first-order chi connectivity index (χ1) is 9.08.